The average Bonchev–Trinajstić information content (AvgIpc) is 4.05. The molecule has 0 radical (unpaired) electrons. The number of ether oxygens (including phenoxy) is 2. The number of alkyl halides is 2. The predicted octanol–water partition coefficient (Wildman–Crippen LogP) is 5.90. The lowest BCUT2D eigenvalue weighted by Gasteiger charge is -2.38. The van der Waals surface area contributed by atoms with E-state index < -0.39 is 66.2 Å². The highest BCUT2D eigenvalue weighted by Gasteiger charge is 2.51. The van der Waals surface area contributed by atoms with E-state index in [1.807, 2.05) is 36.4 Å². The third-order valence-corrected chi connectivity index (χ3v) is 15.4. The third kappa shape index (κ3) is 10.8. The molecule has 70 heavy (non-hydrogen) atoms. The monoisotopic (exact) mass is 1010 g/mol. The first kappa shape index (κ1) is 50.7. The van der Waals surface area contributed by atoms with Gasteiger partial charge in [-0.25, -0.2) is 0 Å². The number of morpholine rings is 1. The topological polar surface area (TPSA) is 224 Å². The highest BCUT2D eigenvalue weighted by atomic mass is 32.1. The number of nitrogens with one attached hydrogen (secondary N) is 3. The number of hydrogen-bond donors (Lipinski definition) is 5. The number of nitrogens with zero attached hydrogens (tertiary/aromatic N) is 3. The zero-order valence-electron chi connectivity index (χ0n) is 39.0. The van der Waals surface area contributed by atoms with Crippen LogP contribution >= 0.6 is 18.9 Å². The standard InChI is InChI=1S/C49H57F2N6O11PS/c1-48(2,3)42(54-44(60)40-24-30-23-31(15-17-39(30)70-40)49(50,51)69(64,65)66)47(63)56-26-32(25-37(56)46(62)55-20-22-68-38(28-55)29-11-6-4-7-12-29)67-21-9-5-8-19-52-35-14-10-13-33-34(35)27-57(45(33)61)36-16-18-41(58)53-43(36)59/h4,6-7,10-15,17,23-24,32,36-38,42,52H,5,8-9,16,18-22,25-28H2,1-3H3,(H,54,60)(H,53,58,59)(H2,64,65,66)/t32-,36?,37-,38-,42?/m0/s1. The van der Waals surface area contributed by atoms with Crippen molar-refractivity contribution in [3.63, 3.8) is 0 Å². The molecule has 374 valence electrons. The molecule has 17 nitrogen and oxygen atoms in total. The quantitative estimate of drug-likeness (QED) is 0.0503. The van der Waals surface area contributed by atoms with Crippen LogP contribution < -0.4 is 16.0 Å². The summed E-state index contributed by atoms with van der Waals surface area (Å²) in [5.74, 6) is -2.48. The molecule has 4 aliphatic heterocycles. The first-order valence-corrected chi connectivity index (χ1v) is 25.8. The SMILES string of the molecule is CC(C)(C)C(NC(=O)c1cc2cc(C(F)(F)P(=O)(O)O)ccc2s1)C(=O)N1C[C@@H](OCCCCCNc2cccc3c2CN(C2CCC(=O)NC2=O)C3=O)C[C@H]1C(=O)N1CCO[C@H](c2ccccc2)C1. The Labute approximate surface area is 407 Å². The van der Waals surface area contributed by atoms with E-state index in [0.29, 0.717) is 43.0 Å². The molecule has 3 aromatic carbocycles. The largest absolute Gasteiger partial charge is 0.399 e. The molecule has 1 aromatic heterocycles. The van der Waals surface area contributed by atoms with Crippen molar-refractivity contribution in [2.75, 3.05) is 44.7 Å². The molecule has 4 aliphatic rings. The maximum Gasteiger partial charge on any atom is 0.399 e. The Morgan fingerprint density at radius 2 is 1.76 bits per heavy atom. The van der Waals surface area contributed by atoms with E-state index in [1.165, 1.54) is 21.9 Å². The number of halogens is 2. The number of fused-ring (bicyclic) bond motifs is 2. The van der Waals surface area contributed by atoms with Crippen molar-refractivity contribution in [2.45, 2.75) is 102 Å². The summed E-state index contributed by atoms with van der Waals surface area (Å²) < 4.78 is 53.5. The van der Waals surface area contributed by atoms with Gasteiger partial charge in [-0.05, 0) is 72.4 Å². The Balaban J connectivity index is 0.912. The van der Waals surface area contributed by atoms with Crippen LogP contribution in [0.2, 0.25) is 0 Å². The Morgan fingerprint density at radius 1 is 0.986 bits per heavy atom. The number of carbonyl (C=O) groups is 6. The second kappa shape index (κ2) is 20.6. The Morgan fingerprint density at radius 3 is 2.49 bits per heavy atom. The molecular weight excluding hydrogens is 950 g/mol. The van der Waals surface area contributed by atoms with Gasteiger partial charge in [0.2, 0.25) is 23.6 Å². The van der Waals surface area contributed by atoms with Gasteiger partial charge in [0.25, 0.3) is 11.8 Å². The molecule has 5 heterocycles. The molecule has 2 unspecified atom stereocenters. The predicted molar refractivity (Wildman–Crippen MR) is 255 cm³/mol. The van der Waals surface area contributed by atoms with Gasteiger partial charge in [0.05, 0.1) is 24.1 Å². The van der Waals surface area contributed by atoms with Crippen LogP contribution in [0.4, 0.5) is 14.5 Å². The number of benzene rings is 3. The minimum atomic E-state index is -5.84. The van der Waals surface area contributed by atoms with Crippen LogP contribution in [0.1, 0.15) is 102 Å². The fourth-order valence-electron chi connectivity index (χ4n) is 9.48. The fraction of sp³-hybridized carbons (Fsp3) is 0.469. The van der Waals surface area contributed by atoms with Crippen molar-refractivity contribution >= 4 is 70.1 Å². The number of imide groups is 1. The average molecular weight is 1010 g/mol. The van der Waals surface area contributed by atoms with Crippen LogP contribution in [0.25, 0.3) is 10.1 Å². The number of piperidine rings is 1. The summed E-state index contributed by atoms with van der Waals surface area (Å²) in [5.41, 5.74) is -3.17. The van der Waals surface area contributed by atoms with Crippen LogP contribution in [0.15, 0.2) is 72.8 Å². The van der Waals surface area contributed by atoms with Gasteiger partial charge < -0.3 is 44.6 Å². The molecule has 5 N–H and O–H groups in total. The number of thiophene rings is 1. The lowest BCUT2D eigenvalue weighted by molar-refractivity contribution is -0.150. The van der Waals surface area contributed by atoms with E-state index in [0.717, 1.165) is 53.1 Å². The van der Waals surface area contributed by atoms with Gasteiger partial charge in [-0.1, -0.05) is 63.2 Å². The molecule has 0 aliphatic carbocycles. The molecule has 5 atom stereocenters. The van der Waals surface area contributed by atoms with Gasteiger partial charge in [0.15, 0.2) is 0 Å². The lowest BCUT2D eigenvalue weighted by Crippen LogP contribution is -2.58. The molecule has 3 saturated heterocycles. The zero-order chi connectivity index (χ0) is 50.1. The van der Waals surface area contributed by atoms with Gasteiger partial charge >= 0.3 is 13.3 Å². The summed E-state index contributed by atoms with van der Waals surface area (Å²) in [6.45, 7) is 7.50. The summed E-state index contributed by atoms with van der Waals surface area (Å²) in [6.07, 6.45) is 2.02. The van der Waals surface area contributed by atoms with Crippen molar-refractivity contribution < 1.29 is 61.4 Å². The molecule has 0 bridgehead atoms. The molecule has 21 heteroatoms. The molecule has 0 spiro atoms. The van der Waals surface area contributed by atoms with Crippen LogP contribution in [-0.4, -0.2) is 124 Å². The molecular formula is C49H57F2N6O11PS. The van der Waals surface area contributed by atoms with E-state index in [2.05, 4.69) is 16.0 Å². The molecule has 4 aromatic rings. The number of amides is 6. The van der Waals surface area contributed by atoms with Crippen LogP contribution in [0.3, 0.4) is 0 Å². The molecule has 6 amide bonds. The van der Waals surface area contributed by atoms with Gasteiger partial charge in [-0.2, -0.15) is 8.78 Å². The lowest BCUT2D eigenvalue weighted by atomic mass is 9.85. The Bertz CT molecular complexity index is 2710. The van der Waals surface area contributed by atoms with Crippen molar-refractivity contribution in [2.24, 2.45) is 5.41 Å². The first-order chi connectivity index (χ1) is 33.2. The number of rotatable bonds is 16. The zero-order valence-corrected chi connectivity index (χ0v) is 40.7. The van der Waals surface area contributed by atoms with Crippen LogP contribution in [0, 0.1) is 5.41 Å². The van der Waals surface area contributed by atoms with E-state index >= 15 is 0 Å². The summed E-state index contributed by atoms with van der Waals surface area (Å²) in [5, 5.41) is 8.78. The number of hydrogen-bond acceptors (Lipinski definition) is 11. The number of carbonyl (C=O) groups excluding carboxylic acids is 6. The maximum absolute atomic E-state index is 14.8. The van der Waals surface area contributed by atoms with E-state index in [1.54, 1.807) is 37.8 Å². The normalized spacial score (nSPS) is 21.5. The summed E-state index contributed by atoms with van der Waals surface area (Å²) in [4.78, 5) is 104. The highest BCUT2D eigenvalue weighted by molar-refractivity contribution is 7.52. The Kier molecular flexibility index (Phi) is 14.9. The van der Waals surface area contributed by atoms with Gasteiger partial charge in [-0.3, -0.25) is 38.6 Å². The number of unbranched alkanes of at least 4 members (excludes halogenated alkanes) is 2. The number of likely N-dealkylation sites (tertiary alicyclic amines) is 1. The van der Waals surface area contributed by atoms with Crippen molar-refractivity contribution in [3.05, 3.63) is 99.9 Å². The highest BCUT2D eigenvalue weighted by Crippen LogP contribution is 2.59. The van der Waals surface area contributed by atoms with Crippen molar-refractivity contribution in [1.82, 2.24) is 25.3 Å². The summed E-state index contributed by atoms with van der Waals surface area (Å²) in [7, 11) is -5.84. The summed E-state index contributed by atoms with van der Waals surface area (Å²) >= 11 is 0.969. The third-order valence-electron chi connectivity index (χ3n) is 13.3. The summed E-state index contributed by atoms with van der Waals surface area (Å²) in [6, 6.07) is 16.6. The number of anilines is 1. The minimum Gasteiger partial charge on any atom is -0.385 e. The smallest absolute Gasteiger partial charge is 0.385 e. The second-order valence-corrected chi connectivity index (χ2v) is 22.0. The maximum atomic E-state index is 14.8. The van der Waals surface area contributed by atoms with E-state index in [4.69, 9.17) is 9.47 Å². The van der Waals surface area contributed by atoms with E-state index in [-0.39, 0.29) is 73.0 Å². The van der Waals surface area contributed by atoms with Crippen molar-refractivity contribution in [3.8, 4) is 0 Å². The molecule has 3 fully saturated rings. The van der Waals surface area contributed by atoms with Crippen LogP contribution in [0.5, 0.6) is 0 Å². The van der Waals surface area contributed by atoms with Crippen molar-refractivity contribution in [1.29, 1.82) is 0 Å². The van der Waals surface area contributed by atoms with Crippen LogP contribution in [-0.2, 0) is 45.4 Å². The van der Waals surface area contributed by atoms with Gasteiger partial charge in [0, 0.05) is 72.7 Å². The second-order valence-electron chi connectivity index (χ2n) is 19.2. The first-order valence-electron chi connectivity index (χ1n) is 23.4. The van der Waals surface area contributed by atoms with Gasteiger partial charge in [0.1, 0.15) is 24.2 Å². The fourth-order valence-corrected chi connectivity index (χ4v) is 10.9. The molecule has 8 rings (SSSR count). The molecule has 0 saturated carbocycles. The Hall–Kier alpha value is -5.63. The van der Waals surface area contributed by atoms with E-state index in [9.17, 15) is 51.9 Å². The van der Waals surface area contributed by atoms with Gasteiger partial charge in [-0.15, -0.1) is 11.3 Å². The minimum absolute atomic E-state index is 0.0821.